The molecule has 3 aromatic rings. The van der Waals surface area contributed by atoms with E-state index >= 15 is 0 Å². The summed E-state index contributed by atoms with van der Waals surface area (Å²) in [5, 5.41) is 0. The molecule has 148 valence electrons. The molecule has 2 heterocycles. The van der Waals surface area contributed by atoms with E-state index in [2.05, 4.69) is 4.98 Å². The zero-order chi connectivity index (χ0) is 21.0. The van der Waals surface area contributed by atoms with Crippen LogP contribution in [-0.4, -0.2) is 29.1 Å². The number of Topliss-reactive ketones (excluding diaryl/α,β-unsaturated/α-hetero) is 1. The highest BCUT2D eigenvalue weighted by atomic mass is 16.5. The number of ketones is 2. The highest BCUT2D eigenvalue weighted by Crippen LogP contribution is 2.19. The van der Waals surface area contributed by atoms with Gasteiger partial charge < -0.3 is 9.72 Å². The van der Waals surface area contributed by atoms with Crippen LogP contribution in [0, 0.1) is 13.8 Å². The molecule has 0 amide bonds. The van der Waals surface area contributed by atoms with Crippen molar-refractivity contribution in [3.8, 4) is 0 Å². The second kappa shape index (κ2) is 8.65. The quantitative estimate of drug-likeness (QED) is 0.381. The van der Waals surface area contributed by atoms with Crippen LogP contribution in [0.25, 0.3) is 0 Å². The SMILES string of the molecule is CCOC(=O)c1c(C)[nH]c(C(=O)C[n+]2ccc(C(=O)c3ccccc3)cc2)c1C. The number of benzene rings is 1. The van der Waals surface area contributed by atoms with Crippen LogP contribution in [0.2, 0.25) is 0 Å². The molecule has 3 rings (SSSR count). The number of H-pyrrole nitrogens is 1. The molecule has 1 N–H and O–H groups in total. The second-order valence-electron chi connectivity index (χ2n) is 6.72. The lowest BCUT2D eigenvalue weighted by atomic mass is 10.0. The lowest BCUT2D eigenvalue weighted by Gasteiger charge is -2.03. The van der Waals surface area contributed by atoms with Crippen LogP contribution in [0.5, 0.6) is 0 Å². The molecule has 0 spiro atoms. The summed E-state index contributed by atoms with van der Waals surface area (Å²) in [6, 6.07) is 12.4. The molecule has 0 fully saturated rings. The fourth-order valence-corrected chi connectivity index (χ4v) is 3.25. The van der Waals surface area contributed by atoms with Crippen LogP contribution >= 0.6 is 0 Å². The zero-order valence-electron chi connectivity index (χ0n) is 16.7. The number of hydrogen-bond acceptors (Lipinski definition) is 4. The third kappa shape index (κ3) is 4.32. The van der Waals surface area contributed by atoms with Gasteiger partial charge >= 0.3 is 5.97 Å². The van der Waals surface area contributed by atoms with Crippen molar-refractivity contribution < 1.29 is 23.7 Å². The Hall–Kier alpha value is -3.54. The molecule has 1 aromatic carbocycles. The Bertz CT molecular complexity index is 1050. The number of rotatable bonds is 7. The molecule has 0 aliphatic carbocycles. The summed E-state index contributed by atoms with van der Waals surface area (Å²) in [5.74, 6) is -0.665. The van der Waals surface area contributed by atoms with Crippen molar-refractivity contribution in [2.24, 2.45) is 0 Å². The summed E-state index contributed by atoms with van der Waals surface area (Å²) in [5.41, 5.74) is 3.16. The average molecular weight is 391 g/mol. The van der Waals surface area contributed by atoms with Gasteiger partial charge in [0.25, 0.3) is 0 Å². The Morgan fingerprint density at radius 2 is 1.59 bits per heavy atom. The third-order valence-electron chi connectivity index (χ3n) is 4.71. The lowest BCUT2D eigenvalue weighted by Crippen LogP contribution is -2.37. The Morgan fingerprint density at radius 3 is 2.21 bits per heavy atom. The van der Waals surface area contributed by atoms with Gasteiger partial charge in [-0.25, -0.2) is 4.79 Å². The number of aromatic nitrogens is 2. The zero-order valence-corrected chi connectivity index (χ0v) is 16.7. The van der Waals surface area contributed by atoms with Crippen LogP contribution < -0.4 is 4.57 Å². The standard InChI is InChI=1S/C23H22N2O4/c1-4-29-23(28)20-15(2)21(24-16(20)3)19(26)14-25-12-10-18(11-13-25)22(27)17-8-6-5-7-9-17/h5-13H,4,14H2,1-3H3/p+1. The molecule has 0 saturated heterocycles. The average Bonchev–Trinajstić information content (AvgIpc) is 3.03. The van der Waals surface area contributed by atoms with Gasteiger partial charge in [0.05, 0.1) is 17.9 Å². The number of aromatic amines is 1. The highest BCUT2D eigenvalue weighted by molar-refractivity contribution is 6.08. The number of hydrogen-bond donors (Lipinski definition) is 1. The van der Waals surface area contributed by atoms with Crippen molar-refractivity contribution in [3.63, 3.8) is 0 Å². The van der Waals surface area contributed by atoms with Gasteiger partial charge in [-0.15, -0.1) is 0 Å². The predicted molar refractivity (Wildman–Crippen MR) is 107 cm³/mol. The van der Waals surface area contributed by atoms with Crippen molar-refractivity contribution in [3.05, 3.63) is 88.5 Å². The third-order valence-corrected chi connectivity index (χ3v) is 4.71. The van der Waals surface area contributed by atoms with Crippen molar-refractivity contribution in [2.75, 3.05) is 6.61 Å². The minimum atomic E-state index is -0.436. The molecule has 0 bridgehead atoms. The van der Waals surface area contributed by atoms with E-state index in [4.69, 9.17) is 4.74 Å². The van der Waals surface area contributed by atoms with E-state index in [9.17, 15) is 14.4 Å². The van der Waals surface area contributed by atoms with Crippen molar-refractivity contribution in [1.29, 1.82) is 0 Å². The van der Waals surface area contributed by atoms with E-state index in [0.29, 0.717) is 33.6 Å². The fourth-order valence-electron chi connectivity index (χ4n) is 3.25. The van der Waals surface area contributed by atoms with Gasteiger partial charge in [0.2, 0.25) is 12.3 Å². The highest BCUT2D eigenvalue weighted by Gasteiger charge is 2.24. The first kappa shape index (κ1) is 20.2. The predicted octanol–water partition coefficient (Wildman–Crippen LogP) is 3.21. The number of pyridine rings is 1. The van der Waals surface area contributed by atoms with Crippen LogP contribution in [-0.2, 0) is 11.3 Å². The topological polar surface area (TPSA) is 80.1 Å². The van der Waals surface area contributed by atoms with Gasteiger partial charge in [-0.1, -0.05) is 30.3 Å². The molecule has 0 unspecified atom stereocenters. The summed E-state index contributed by atoms with van der Waals surface area (Å²) in [6.07, 6.45) is 3.40. The van der Waals surface area contributed by atoms with E-state index in [1.54, 1.807) is 62.0 Å². The van der Waals surface area contributed by atoms with Gasteiger partial charge in [-0.3, -0.25) is 9.59 Å². The molecule has 0 atom stereocenters. The normalized spacial score (nSPS) is 10.6. The van der Waals surface area contributed by atoms with Gasteiger partial charge in [0.1, 0.15) is 0 Å². The van der Waals surface area contributed by atoms with Crippen LogP contribution in [0.4, 0.5) is 0 Å². The minimum absolute atomic E-state index is 0.0704. The summed E-state index contributed by atoms with van der Waals surface area (Å²) < 4.78 is 6.76. The molecule has 2 aromatic heterocycles. The van der Waals surface area contributed by atoms with Crippen LogP contribution in [0.1, 0.15) is 54.9 Å². The molecule has 29 heavy (non-hydrogen) atoms. The molecule has 0 saturated carbocycles. The first-order chi connectivity index (χ1) is 13.9. The maximum absolute atomic E-state index is 12.8. The van der Waals surface area contributed by atoms with Crippen molar-refractivity contribution >= 4 is 17.5 Å². The van der Waals surface area contributed by atoms with Crippen LogP contribution in [0.3, 0.4) is 0 Å². The summed E-state index contributed by atoms with van der Waals surface area (Å²) in [4.78, 5) is 40.3. The number of ether oxygens (including phenoxy) is 1. The summed E-state index contributed by atoms with van der Waals surface area (Å²) >= 11 is 0. The van der Waals surface area contributed by atoms with Gasteiger partial charge in [-0.05, 0) is 26.3 Å². The summed E-state index contributed by atoms with van der Waals surface area (Å²) in [7, 11) is 0. The number of nitrogens with zero attached hydrogens (tertiary/aromatic N) is 1. The van der Waals surface area contributed by atoms with E-state index in [1.165, 1.54) is 0 Å². The number of aryl methyl sites for hydroxylation is 1. The number of nitrogens with one attached hydrogen (secondary N) is 1. The first-order valence-corrected chi connectivity index (χ1v) is 9.40. The molecule has 6 nitrogen and oxygen atoms in total. The van der Waals surface area contributed by atoms with Crippen LogP contribution in [0.15, 0.2) is 54.9 Å². The molecular weight excluding hydrogens is 368 g/mol. The Labute approximate surface area is 169 Å². The lowest BCUT2D eigenvalue weighted by molar-refractivity contribution is -0.683. The number of carbonyl (C=O) groups is 3. The monoisotopic (exact) mass is 391 g/mol. The molecule has 6 heteroatoms. The number of esters is 1. The van der Waals surface area contributed by atoms with E-state index in [1.807, 2.05) is 18.2 Å². The largest absolute Gasteiger partial charge is 0.462 e. The fraction of sp³-hybridized carbons (Fsp3) is 0.217. The molecular formula is C23H23N2O4+. The van der Waals surface area contributed by atoms with Gasteiger partial charge in [0, 0.05) is 29.0 Å². The molecule has 0 aliphatic rings. The first-order valence-electron chi connectivity index (χ1n) is 9.40. The maximum atomic E-state index is 12.8. The van der Waals surface area contributed by atoms with E-state index in [0.717, 1.165) is 0 Å². The molecule has 0 aliphatic heterocycles. The second-order valence-corrected chi connectivity index (χ2v) is 6.72. The molecule has 0 radical (unpaired) electrons. The Balaban J connectivity index is 1.76. The number of carbonyl (C=O) groups excluding carboxylic acids is 3. The van der Waals surface area contributed by atoms with E-state index < -0.39 is 5.97 Å². The van der Waals surface area contributed by atoms with Gasteiger partial charge in [0.15, 0.2) is 18.2 Å². The minimum Gasteiger partial charge on any atom is -0.462 e. The van der Waals surface area contributed by atoms with Gasteiger partial charge in [-0.2, -0.15) is 4.57 Å². The van der Waals surface area contributed by atoms with Crippen molar-refractivity contribution in [2.45, 2.75) is 27.3 Å². The van der Waals surface area contributed by atoms with E-state index in [-0.39, 0.29) is 24.7 Å². The van der Waals surface area contributed by atoms with Crippen molar-refractivity contribution in [1.82, 2.24) is 4.98 Å². The Morgan fingerprint density at radius 1 is 0.966 bits per heavy atom. The maximum Gasteiger partial charge on any atom is 0.340 e. The summed E-state index contributed by atoms with van der Waals surface area (Å²) in [6.45, 7) is 5.57. The Kier molecular flexibility index (Phi) is 6.02. The smallest absolute Gasteiger partial charge is 0.340 e.